The van der Waals surface area contributed by atoms with E-state index in [4.69, 9.17) is 0 Å². The normalized spacial score (nSPS) is 25.0. The molecule has 1 heteroatoms. The number of benzene rings is 1. The van der Waals surface area contributed by atoms with E-state index in [1.165, 1.54) is 37.7 Å². The second-order valence-electron chi connectivity index (χ2n) is 7.51. The van der Waals surface area contributed by atoms with Crippen LogP contribution in [0.1, 0.15) is 71.4 Å². The maximum absolute atomic E-state index is 3.97. The maximum Gasteiger partial charge on any atom is 0.0345 e. The molecule has 21 heavy (non-hydrogen) atoms. The summed E-state index contributed by atoms with van der Waals surface area (Å²) in [7, 11) is 0. The number of rotatable bonds is 5. The summed E-state index contributed by atoms with van der Waals surface area (Å²) in [6.07, 6.45) is 6.90. The predicted molar refractivity (Wildman–Crippen MR) is 92.4 cm³/mol. The Morgan fingerprint density at radius 2 is 1.62 bits per heavy atom. The van der Waals surface area contributed by atoms with Crippen molar-refractivity contribution in [1.82, 2.24) is 5.32 Å². The lowest BCUT2D eigenvalue weighted by molar-refractivity contribution is 0.318. The van der Waals surface area contributed by atoms with Gasteiger partial charge in [0.05, 0.1) is 0 Å². The fourth-order valence-corrected chi connectivity index (χ4v) is 3.75. The van der Waals surface area contributed by atoms with E-state index in [1.807, 2.05) is 0 Å². The van der Waals surface area contributed by atoms with Crippen molar-refractivity contribution in [3.05, 3.63) is 35.9 Å². The number of hydrogen-bond acceptors (Lipinski definition) is 1. The first-order valence-corrected chi connectivity index (χ1v) is 8.89. The number of nitrogens with one attached hydrogen (secondary N) is 1. The zero-order chi connectivity index (χ0) is 15.2. The van der Waals surface area contributed by atoms with Gasteiger partial charge in [-0.3, -0.25) is 0 Å². The summed E-state index contributed by atoms with van der Waals surface area (Å²) in [5, 5.41) is 3.97. The van der Waals surface area contributed by atoms with Gasteiger partial charge in [-0.1, -0.05) is 70.9 Å². The Morgan fingerprint density at radius 1 is 0.905 bits per heavy atom. The molecule has 1 aliphatic rings. The van der Waals surface area contributed by atoms with Crippen molar-refractivity contribution in [2.45, 2.75) is 71.9 Å². The molecule has 118 valence electrons. The van der Waals surface area contributed by atoms with Crippen molar-refractivity contribution in [2.24, 2.45) is 17.8 Å². The highest BCUT2D eigenvalue weighted by Gasteiger charge is 2.24. The average molecular weight is 287 g/mol. The Balaban J connectivity index is 1.98. The fraction of sp³-hybridized carbons (Fsp3) is 0.700. The van der Waals surface area contributed by atoms with Gasteiger partial charge in [0.2, 0.25) is 0 Å². The van der Waals surface area contributed by atoms with Crippen LogP contribution in [0.4, 0.5) is 0 Å². The first kappa shape index (κ1) is 16.5. The largest absolute Gasteiger partial charge is 0.307 e. The van der Waals surface area contributed by atoms with Crippen molar-refractivity contribution in [1.29, 1.82) is 0 Å². The van der Waals surface area contributed by atoms with Crippen LogP contribution in [-0.4, -0.2) is 6.04 Å². The summed E-state index contributed by atoms with van der Waals surface area (Å²) < 4.78 is 0. The molecule has 1 fully saturated rings. The molecule has 3 unspecified atom stereocenters. The Hall–Kier alpha value is -0.820. The summed E-state index contributed by atoms with van der Waals surface area (Å²) in [5.41, 5.74) is 1.44. The van der Waals surface area contributed by atoms with Crippen LogP contribution in [0, 0.1) is 17.8 Å². The van der Waals surface area contributed by atoms with Crippen molar-refractivity contribution >= 4 is 0 Å². The minimum atomic E-state index is 0.492. The third-order valence-electron chi connectivity index (χ3n) is 5.20. The molecule has 3 atom stereocenters. The van der Waals surface area contributed by atoms with Crippen molar-refractivity contribution in [2.75, 3.05) is 0 Å². The molecule has 1 nitrogen and oxygen atoms in total. The molecule has 0 aliphatic heterocycles. The Labute approximate surface area is 131 Å². The quantitative estimate of drug-likeness (QED) is 0.697. The molecule has 0 heterocycles. The summed E-state index contributed by atoms with van der Waals surface area (Å²) in [6.45, 7) is 9.44. The molecule has 0 amide bonds. The van der Waals surface area contributed by atoms with Gasteiger partial charge in [-0.05, 0) is 42.6 Å². The molecule has 1 aromatic rings. The van der Waals surface area contributed by atoms with E-state index in [9.17, 15) is 0 Å². The molecule has 1 aliphatic carbocycles. The lowest BCUT2D eigenvalue weighted by Crippen LogP contribution is -2.35. The van der Waals surface area contributed by atoms with E-state index in [1.54, 1.807) is 0 Å². The summed E-state index contributed by atoms with van der Waals surface area (Å²) >= 11 is 0. The van der Waals surface area contributed by atoms with Gasteiger partial charge in [-0.15, -0.1) is 0 Å². The fourth-order valence-electron chi connectivity index (χ4n) is 3.75. The van der Waals surface area contributed by atoms with E-state index in [2.05, 4.69) is 63.3 Å². The monoisotopic (exact) mass is 287 g/mol. The van der Waals surface area contributed by atoms with E-state index >= 15 is 0 Å². The second-order valence-corrected chi connectivity index (χ2v) is 7.51. The zero-order valence-electron chi connectivity index (χ0n) is 14.3. The van der Waals surface area contributed by atoms with Crippen LogP contribution in [-0.2, 0) is 0 Å². The highest BCUT2D eigenvalue weighted by Crippen LogP contribution is 2.31. The van der Waals surface area contributed by atoms with Gasteiger partial charge in [0.25, 0.3) is 0 Å². The van der Waals surface area contributed by atoms with E-state index in [0.29, 0.717) is 18.0 Å². The van der Waals surface area contributed by atoms with Gasteiger partial charge in [0.15, 0.2) is 0 Å². The smallest absolute Gasteiger partial charge is 0.0345 e. The molecule has 1 aromatic carbocycles. The molecule has 0 bridgehead atoms. The SMILES string of the molecule is CC(C)C1CCCC(NC(c2ccccc2)C(C)C)CC1. The van der Waals surface area contributed by atoms with Gasteiger partial charge < -0.3 is 5.32 Å². The molecular formula is C20H33N. The predicted octanol–water partition coefficient (Wildman–Crippen LogP) is 5.58. The standard InChI is InChI=1S/C20H33N/c1-15(2)17-11-8-12-19(14-13-17)21-20(16(3)4)18-9-6-5-7-10-18/h5-7,9-10,15-17,19-21H,8,11-14H2,1-4H3. The van der Waals surface area contributed by atoms with Crippen LogP contribution in [0.25, 0.3) is 0 Å². The average Bonchev–Trinajstić information content (AvgIpc) is 2.71. The maximum atomic E-state index is 3.97. The third-order valence-corrected chi connectivity index (χ3v) is 5.20. The number of hydrogen-bond donors (Lipinski definition) is 1. The van der Waals surface area contributed by atoms with Crippen molar-refractivity contribution in [3.63, 3.8) is 0 Å². The van der Waals surface area contributed by atoms with Gasteiger partial charge in [-0.25, -0.2) is 0 Å². The minimum Gasteiger partial charge on any atom is -0.307 e. The summed E-state index contributed by atoms with van der Waals surface area (Å²) in [4.78, 5) is 0. The molecular weight excluding hydrogens is 254 g/mol. The highest BCUT2D eigenvalue weighted by molar-refractivity contribution is 5.19. The summed E-state index contributed by atoms with van der Waals surface area (Å²) in [6, 6.07) is 12.2. The van der Waals surface area contributed by atoms with Gasteiger partial charge in [0, 0.05) is 12.1 Å². The van der Waals surface area contributed by atoms with Crippen LogP contribution in [0.5, 0.6) is 0 Å². The van der Waals surface area contributed by atoms with Crippen LogP contribution in [0.2, 0.25) is 0 Å². The van der Waals surface area contributed by atoms with E-state index < -0.39 is 0 Å². The third kappa shape index (κ3) is 4.85. The van der Waals surface area contributed by atoms with Gasteiger partial charge in [-0.2, -0.15) is 0 Å². The van der Waals surface area contributed by atoms with Gasteiger partial charge >= 0.3 is 0 Å². The first-order chi connectivity index (χ1) is 10.1. The van der Waals surface area contributed by atoms with Crippen LogP contribution in [0.3, 0.4) is 0 Å². The Morgan fingerprint density at radius 3 is 2.24 bits per heavy atom. The second kappa shape index (κ2) is 7.98. The molecule has 0 radical (unpaired) electrons. The highest BCUT2D eigenvalue weighted by atomic mass is 15.0. The Kier molecular flexibility index (Phi) is 6.29. The van der Waals surface area contributed by atoms with Crippen molar-refractivity contribution in [3.8, 4) is 0 Å². The zero-order valence-corrected chi connectivity index (χ0v) is 14.3. The molecule has 2 rings (SSSR count). The lowest BCUT2D eigenvalue weighted by Gasteiger charge is -2.28. The summed E-state index contributed by atoms with van der Waals surface area (Å²) in [5.74, 6) is 2.42. The van der Waals surface area contributed by atoms with Crippen molar-refractivity contribution < 1.29 is 0 Å². The topological polar surface area (TPSA) is 12.0 Å². The van der Waals surface area contributed by atoms with Crippen LogP contribution in [0.15, 0.2) is 30.3 Å². The van der Waals surface area contributed by atoms with Crippen LogP contribution < -0.4 is 5.32 Å². The van der Waals surface area contributed by atoms with E-state index in [0.717, 1.165) is 11.8 Å². The lowest BCUT2D eigenvalue weighted by atomic mass is 9.89. The minimum absolute atomic E-state index is 0.492. The Bertz CT molecular complexity index is 396. The molecule has 0 saturated heterocycles. The van der Waals surface area contributed by atoms with Crippen LogP contribution >= 0.6 is 0 Å². The first-order valence-electron chi connectivity index (χ1n) is 8.89. The molecule has 1 N–H and O–H groups in total. The molecule has 0 aromatic heterocycles. The van der Waals surface area contributed by atoms with E-state index in [-0.39, 0.29) is 0 Å². The van der Waals surface area contributed by atoms with Gasteiger partial charge in [0.1, 0.15) is 0 Å². The molecule has 0 spiro atoms. The molecule has 1 saturated carbocycles.